The first-order valence-corrected chi connectivity index (χ1v) is 6.61. The van der Waals surface area contributed by atoms with E-state index < -0.39 is 42.2 Å². The summed E-state index contributed by atoms with van der Waals surface area (Å²) in [6, 6.07) is -2.57. The third kappa shape index (κ3) is 6.13. The molecular formula is C12H18N6O5. The number of H-pyrrole nitrogens is 1. The van der Waals surface area contributed by atoms with Crippen LogP contribution in [0.5, 0.6) is 0 Å². The van der Waals surface area contributed by atoms with Gasteiger partial charge in [-0.25, -0.2) is 9.78 Å². The Morgan fingerprint density at radius 2 is 1.96 bits per heavy atom. The largest absolute Gasteiger partial charge is 0.480 e. The molecule has 0 fully saturated rings. The Morgan fingerprint density at radius 1 is 1.26 bits per heavy atom. The Hall–Kier alpha value is -2.95. The summed E-state index contributed by atoms with van der Waals surface area (Å²) in [5.74, 6) is -3.67. The average Bonchev–Trinajstić information content (AvgIpc) is 2.97. The van der Waals surface area contributed by atoms with Crippen molar-refractivity contribution >= 4 is 23.7 Å². The molecular weight excluding hydrogens is 308 g/mol. The van der Waals surface area contributed by atoms with Crippen LogP contribution in [-0.2, 0) is 25.6 Å². The highest BCUT2D eigenvalue weighted by Crippen LogP contribution is 2.01. The Morgan fingerprint density at radius 3 is 2.43 bits per heavy atom. The van der Waals surface area contributed by atoms with Crippen molar-refractivity contribution in [2.24, 2.45) is 11.5 Å². The van der Waals surface area contributed by atoms with E-state index in [4.69, 9.17) is 16.6 Å². The van der Waals surface area contributed by atoms with Crippen molar-refractivity contribution in [2.75, 3.05) is 6.54 Å². The zero-order valence-corrected chi connectivity index (χ0v) is 12.1. The summed E-state index contributed by atoms with van der Waals surface area (Å²) in [5, 5.41) is 13.5. The van der Waals surface area contributed by atoms with Gasteiger partial charge < -0.3 is 32.2 Å². The molecule has 0 aliphatic rings. The SMILES string of the molecule is NCC(=O)N[C@@H](Cc1cnc[nH]1)C(=O)N[C@@H](CC(N)=O)C(=O)O. The third-order valence-corrected chi connectivity index (χ3v) is 2.84. The summed E-state index contributed by atoms with van der Waals surface area (Å²) in [7, 11) is 0. The van der Waals surface area contributed by atoms with Crippen molar-refractivity contribution in [3.63, 3.8) is 0 Å². The van der Waals surface area contributed by atoms with E-state index in [1.54, 1.807) is 0 Å². The summed E-state index contributed by atoms with van der Waals surface area (Å²) in [6.07, 6.45) is 2.32. The van der Waals surface area contributed by atoms with Crippen LogP contribution in [0.15, 0.2) is 12.5 Å². The van der Waals surface area contributed by atoms with Crippen LogP contribution >= 0.6 is 0 Å². The molecule has 126 valence electrons. The fraction of sp³-hybridized carbons (Fsp3) is 0.417. The number of aromatic amines is 1. The molecule has 3 amide bonds. The Labute approximate surface area is 130 Å². The van der Waals surface area contributed by atoms with Crippen LogP contribution in [-0.4, -0.2) is 57.4 Å². The second kappa shape index (κ2) is 8.48. The molecule has 8 N–H and O–H groups in total. The number of amides is 3. The molecule has 0 aliphatic heterocycles. The zero-order chi connectivity index (χ0) is 17.4. The van der Waals surface area contributed by atoms with E-state index in [1.165, 1.54) is 12.5 Å². The molecule has 11 nitrogen and oxygen atoms in total. The van der Waals surface area contributed by atoms with Gasteiger partial charge in [0.1, 0.15) is 12.1 Å². The third-order valence-electron chi connectivity index (χ3n) is 2.84. The predicted molar refractivity (Wildman–Crippen MR) is 76.7 cm³/mol. The Bertz CT molecular complexity index is 573. The monoisotopic (exact) mass is 326 g/mol. The number of nitrogens with one attached hydrogen (secondary N) is 3. The molecule has 11 heteroatoms. The van der Waals surface area contributed by atoms with Gasteiger partial charge in [-0.15, -0.1) is 0 Å². The number of hydrogen-bond acceptors (Lipinski definition) is 6. The van der Waals surface area contributed by atoms with Gasteiger partial charge in [-0.2, -0.15) is 0 Å². The van der Waals surface area contributed by atoms with Crippen LogP contribution < -0.4 is 22.1 Å². The van der Waals surface area contributed by atoms with Gasteiger partial charge in [0.25, 0.3) is 0 Å². The summed E-state index contributed by atoms with van der Waals surface area (Å²) < 4.78 is 0. The number of rotatable bonds is 9. The van der Waals surface area contributed by atoms with Crippen LogP contribution in [0.1, 0.15) is 12.1 Å². The molecule has 0 radical (unpaired) electrons. The van der Waals surface area contributed by atoms with Crippen molar-refractivity contribution in [3.05, 3.63) is 18.2 Å². The minimum Gasteiger partial charge on any atom is -0.480 e. The van der Waals surface area contributed by atoms with E-state index in [-0.39, 0.29) is 13.0 Å². The van der Waals surface area contributed by atoms with Crippen LogP contribution in [0.25, 0.3) is 0 Å². The first-order valence-electron chi connectivity index (χ1n) is 6.61. The van der Waals surface area contributed by atoms with Crippen LogP contribution in [0.3, 0.4) is 0 Å². The number of nitrogens with two attached hydrogens (primary N) is 2. The van der Waals surface area contributed by atoms with E-state index in [0.29, 0.717) is 5.69 Å². The lowest BCUT2D eigenvalue weighted by atomic mass is 10.1. The summed E-state index contributed by atoms with van der Waals surface area (Å²) in [4.78, 5) is 52.1. The van der Waals surface area contributed by atoms with Gasteiger partial charge in [0.2, 0.25) is 17.7 Å². The van der Waals surface area contributed by atoms with Gasteiger partial charge >= 0.3 is 5.97 Å². The van der Waals surface area contributed by atoms with Crippen molar-refractivity contribution in [1.82, 2.24) is 20.6 Å². The fourth-order valence-corrected chi connectivity index (χ4v) is 1.75. The normalized spacial score (nSPS) is 12.9. The van der Waals surface area contributed by atoms with Gasteiger partial charge in [0, 0.05) is 18.3 Å². The standard InChI is InChI=1S/C12H18N6O5/c13-3-10(20)17-7(1-6-4-15-5-16-6)11(21)18-8(12(22)23)2-9(14)19/h4-5,7-8H,1-3,13H2,(H2,14,19)(H,15,16)(H,17,20)(H,18,21)(H,22,23)/t7-,8-/m0/s1. The quantitative estimate of drug-likeness (QED) is 0.275. The first-order chi connectivity index (χ1) is 10.8. The number of imidazole rings is 1. The lowest BCUT2D eigenvalue weighted by Crippen LogP contribution is -2.54. The van der Waals surface area contributed by atoms with Crippen LogP contribution in [0.4, 0.5) is 0 Å². The molecule has 0 unspecified atom stereocenters. The van der Waals surface area contributed by atoms with E-state index in [2.05, 4.69) is 20.6 Å². The maximum Gasteiger partial charge on any atom is 0.326 e. The number of aliphatic carboxylic acids is 1. The molecule has 1 heterocycles. The van der Waals surface area contributed by atoms with Crippen LogP contribution in [0, 0.1) is 0 Å². The highest BCUT2D eigenvalue weighted by molar-refractivity contribution is 5.92. The molecule has 0 bridgehead atoms. The maximum absolute atomic E-state index is 12.2. The number of carbonyl (C=O) groups excluding carboxylic acids is 3. The number of carboxylic acids is 1. The molecule has 0 spiro atoms. The van der Waals surface area contributed by atoms with Gasteiger partial charge in [-0.3, -0.25) is 14.4 Å². The number of hydrogen-bond donors (Lipinski definition) is 6. The molecule has 2 atom stereocenters. The molecule has 23 heavy (non-hydrogen) atoms. The predicted octanol–water partition coefficient (Wildman–Crippen LogP) is -3.16. The number of primary amides is 1. The van der Waals surface area contributed by atoms with E-state index in [0.717, 1.165) is 0 Å². The fourth-order valence-electron chi connectivity index (χ4n) is 1.75. The minimum absolute atomic E-state index is 0.0421. The molecule has 1 aromatic heterocycles. The number of carbonyl (C=O) groups is 4. The highest BCUT2D eigenvalue weighted by atomic mass is 16.4. The van der Waals surface area contributed by atoms with Gasteiger partial charge in [0.15, 0.2) is 0 Å². The van der Waals surface area contributed by atoms with Crippen molar-refractivity contribution in [2.45, 2.75) is 24.9 Å². The molecule has 0 saturated heterocycles. The zero-order valence-electron chi connectivity index (χ0n) is 12.1. The van der Waals surface area contributed by atoms with Gasteiger partial charge in [0.05, 0.1) is 19.3 Å². The average molecular weight is 326 g/mol. The Kier molecular flexibility index (Phi) is 6.68. The number of carboxylic acid groups (broad SMARTS) is 1. The van der Waals surface area contributed by atoms with Gasteiger partial charge in [-0.1, -0.05) is 0 Å². The summed E-state index contributed by atoms with van der Waals surface area (Å²) in [6.45, 7) is -0.337. The lowest BCUT2D eigenvalue weighted by Gasteiger charge is -2.20. The van der Waals surface area contributed by atoms with Crippen molar-refractivity contribution in [1.29, 1.82) is 0 Å². The van der Waals surface area contributed by atoms with E-state index >= 15 is 0 Å². The Balaban J connectivity index is 2.82. The van der Waals surface area contributed by atoms with E-state index in [9.17, 15) is 19.2 Å². The first kappa shape index (κ1) is 18.1. The second-order valence-corrected chi connectivity index (χ2v) is 4.68. The number of nitrogens with zero attached hydrogens (tertiary/aromatic N) is 1. The smallest absolute Gasteiger partial charge is 0.326 e. The molecule has 1 aromatic rings. The molecule has 0 aliphatic carbocycles. The summed E-state index contributed by atoms with van der Waals surface area (Å²) in [5.41, 5.74) is 10.7. The van der Waals surface area contributed by atoms with Crippen LogP contribution in [0.2, 0.25) is 0 Å². The number of aromatic nitrogens is 2. The van der Waals surface area contributed by atoms with Crippen molar-refractivity contribution < 1.29 is 24.3 Å². The topological polar surface area (TPSA) is 193 Å². The molecule has 0 saturated carbocycles. The second-order valence-electron chi connectivity index (χ2n) is 4.68. The summed E-state index contributed by atoms with van der Waals surface area (Å²) >= 11 is 0. The van der Waals surface area contributed by atoms with Gasteiger partial charge in [-0.05, 0) is 0 Å². The molecule has 0 aromatic carbocycles. The highest BCUT2D eigenvalue weighted by Gasteiger charge is 2.27. The molecule has 1 rings (SSSR count). The maximum atomic E-state index is 12.2. The lowest BCUT2D eigenvalue weighted by molar-refractivity contribution is -0.143. The minimum atomic E-state index is -1.49. The van der Waals surface area contributed by atoms with Crippen molar-refractivity contribution in [3.8, 4) is 0 Å². The van der Waals surface area contributed by atoms with E-state index in [1.807, 2.05) is 0 Å².